The molecule has 0 fully saturated rings. The van der Waals surface area contributed by atoms with Crippen molar-refractivity contribution >= 4 is 0 Å². The van der Waals surface area contributed by atoms with Crippen LogP contribution >= 0.6 is 0 Å². The van der Waals surface area contributed by atoms with Gasteiger partial charge in [-0.1, -0.05) is 17.7 Å². The quantitative estimate of drug-likeness (QED) is 0.919. The van der Waals surface area contributed by atoms with Crippen LogP contribution in [0.5, 0.6) is 0 Å². The molecule has 0 aliphatic rings. The molecule has 102 valence electrons. The summed E-state index contributed by atoms with van der Waals surface area (Å²) in [5, 5.41) is 11.5. The molecule has 1 heterocycles. The van der Waals surface area contributed by atoms with Crippen LogP contribution in [0.1, 0.15) is 37.8 Å². The van der Waals surface area contributed by atoms with E-state index in [1.54, 1.807) is 0 Å². The maximum atomic E-state index is 5.70. The van der Waals surface area contributed by atoms with Crippen LogP contribution < -0.4 is 5.32 Å². The molecule has 0 spiro atoms. The molecular weight excluding hydrogens is 238 g/mol. The highest BCUT2D eigenvalue weighted by Gasteiger charge is 2.14. The number of benzene rings is 1. The first-order valence-electron chi connectivity index (χ1n) is 6.50. The van der Waals surface area contributed by atoms with Crippen LogP contribution in [0.3, 0.4) is 0 Å². The maximum absolute atomic E-state index is 5.70. The topological polar surface area (TPSA) is 51.0 Å². The Hall–Kier alpha value is -1.68. The molecular formula is C15H21N3O. The van der Waals surface area contributed by atoms with Gasteiger partial charge in [-0.05, 0) is 46.2 Å². The van der Waals surface area contributed by atoms with Gasteiger partial charge in [-0.2, -0.15) is 0 Å². The van der Waals surface area contributed by atoms with Gasteiger partial charge in [0.1, 0.15) is 0 Å². The fraction of sp³-hybridized carbons (Fsp3) is 0.467. The summed E-state index contributed by atoms with van der Waals surface area (Å²) in [6.07, 6.45) is 0. The minimum atomic E-state index is 0.0361. The van der Waals surface area contributed by atoms with E-state index in [4.69, 9.17) is 4.42 Å². The first kappa shape index (κ1) is 13.7. The second-order valence-corrected chi connectivity index (χ2v) is 5.92. The van der Waals surface area contributed by atoms with Gasteiger partial charge in [0.15, 0.2) is 0 Å². The molecule has 0 unspecified atom stereocenters. The Morgan fingerprint density at radius 1 is 1.16 bits per heavy atom. The Morgan fingerprint density at radius 3 is 2.53 bits per heavy atom. The average molecular weight is 259 g/mol. The number of nitrogens with zero attached hydrogens (tertiary/aromatic N) is 2. The van der Waals surface area contributed by atoms with Gasteiger partial charge < -0.3 is 9.73 Å². The van der Waals surface area contributed by atoms with E-state index in [0.29, 0.717) is 18.3 Å². The smallest absolute Gasteiger partial charge is 0.248 e. The van der Waals surface area contributed by atoms with Crippen LogP contribution in [0, 0.1) is 13.8 Å². The lowest BCUT2D eigenvalue weighted by molar-refractivity contribution is 0.383. The Labute approximate surface area is 114 Å². The normalized spacial score (nSPS) is 11.8. The molecule has 4 heteroatoms. The van der Waals surface area contributed by atoms with Gasteiger partial charge in [-0.3, -0.25) is 0 Å². The van der Waals surface area contributed by atoms with E-state index >= 15 is 0 Å². The van der Waals surface area contributed by atoms with E-state index in [0.717, 1.165) is 11.1 Å². The summed E-state index contributed by atoms with van der Waals surface area (Å²) in [5.74, 6) is 1.20. The SMILES string of the molecule is Cc1ccc(-c2nnc(CNC(C)(C)C)o2)c(C)c1. The van der Waals surface area contributed by atoms with Crippen molar-refractivity contribution in [1.82, 2.24) is 15.5 Å². The van der Waals surface area contributed by atoms with Crippen molar-refractivity contribution in [2.24, 2.45) is 0 Å². The third-order valence-corrected chi connectivity index (χ3v) is 2.85. The van der Waals surface area contributed by atoms with Crippen LogP contribution in [0.15, 0.2) is 22.6 Å². The van der Waals surface area contributed by atoms with Crippen LogP contribution in [0.4, 0.5) is 0 Å². The van der Waals surface area contributed by atoms with Gasteiger partial charge in [0.05, 0.1) is 6.54 Å². The first-order chi connectivity index (χ1) is 8.85. The molecule has 1 aromatic heterocycles. The second kappa shape index (κ2) is 5.13. The van der Waals surface area contributed by atoms with Gasteiger partial charge in [0.2, 0.25) is 11.8 Å². The number of aryl methyl sites for hydroxylation is 2. The van der Waals surface area contributed by atoms with Crippen molar-refractivity contribution in [2.45, 2.75) is 46.7 Å². The van der Waals surface area contributed by atoms with E-state index in [-0.39, 0.29) is 5.54 Å². The van der Waals surface area contributed by atoms with Crippen LogP contribution in [0.2, 0.25) is 0 Å². The highest BCUT2D eigenvalue weighted by molar-refractivity contribution is 5.58. The van der Waals surface area contributed by atoms with E-state index in [9.17, 15) is 0 Å². The largest absolute Gasteiger partial charge is 0.419 e. The summed E-state index contributed by atoms with van der Waals surface area (Å²) in [6, 6.07) is 6.20. The van der Waals surface area contributed by atoms with Crippen molar-refractivity contribution in [3.63, 3.8) is 0 Å². The van der Waals surface area contributed by atoms with Gasteiger partial charge in [0.25, 0.3) is 0 Å². The van der Waals surface area contributed by atoms with E-state index in [2.05, 4.69) is 62.3 Å². The molecule has 0 bridgehead atoms. The molecule has 0 aliphatic carbocycles. The Morgan fingerprint density at radius 2 is 1.89 bits per heavy atom. The fourth-order valence-electron chi connectivity index (χ4n) is 1.83. The molecule has 0 atom stereocenters. The van der Waals surface area contributed by atoms with Gasteiger partial charge in [-0.15, -0.1) is 10.2 Å². The average Bonchev–Trinajstić information content (AvgIpc) is 2.74. The standard InChI is InChI=1S/C15H21N3O/c1-10-6-7-12(11(2)8-10)14-18-17-13(19-14)9-16-15(3,4)5/h6-8,16H,9H2,1-5H3. The zero-order chi connectivity index (χ0) is 14.0. The Bertz CT molecular complexity index is 567. The minimum Gasteiger partial charge on any atom is -0.419 e. The highest BCUT2D eigenvalue weighted by atomic mass is 16.4. The van der Waals surface area contributed by atoms with Crippen molar-refractivity contribution < 1.29 is 4.42 Å². The predicted octanol–water partition coefficient (Wildman–Crippen LogP) is 3.24. The van der Waals surface area contributed by atoms with E-state index < -0.39 is 0 Å². The van der Waals surface area contributed by atoms with Crippen molar-refractivity contribution in [3.8, 4) is 11.5 Å². The van der Waals surface area contributed by atoms with Crippen molar-refractivity contribution in [2.75, 3.05) is 0 Å². The maximum Gasteiger partial charge on any atom is 0.248 e. The fourth-order valence-corrected chi connectivity index (χ4v) is 1.83. The molecule has 0 saturated carbocycles. The zero-order valence-electron chi connectivity index (χ0n) is 12.2. The number of hydrogen-bond acceptors (Lipinski definition) is 4. The molecule has 2 aromatic rings. The molecule has 0 radical (unpaired) electrons. The first-order valence-corrected chi connectivity index (χ1v) is 6.50. The molecule has 0 aliphatic heterocycles. The number of nitrogens with one attached hydrogen (secondary N) is 1. The summed E-state index contributed by atoms with van der Waals surface area (Å²) in [4.78, 5) is 0. The van der Waals surface area contributed by atoms with Crippen molar-refractivity contribution in [3.05, 3.63) is 35.2 Å². The molecule has 0 amide bonds. The zero-order valence-corrected chi connectivity index (χ0v) is 12.2. The summed E-state index contributed by atoms with van der Waals surface area (Å²) < 4.78 is 5.70. The molecule has 0 saturated heterocycles. The lowest BCUT2D eigenvalue weighted by atomic mass is 10.1. The summed E-state index contributed by atoms with van der Waals surface area (Å²) >= 11 is 0. The van der Waals surface area contributed by atoms with Gasteiger partial charge >= 0.3 is 0 Å². The predicted molar refractivity (Wildman–Crippen MR) is 75.8 cm³/mol. The van der Waals surface area contributed by atoms with Crippen LogP contribution in [-0.4, -0.2) is 15.7 Å². The third kappa shape index (κ3) is 3.64. The van der Waals surface area contributed by atoms with Gasteiger partial charge in [-0.25, -0.2) is 0 Å². The summed E-state index contributed by atoms with van der Waals surface area (Å²) in [7, 11) is 0. The lowest BCUT2D eigenvalue weighted by Gasteiger charge is -2.18. The monoisotopic (exact) mass is 259 g/mol. The number of hydrogen-bond donors (Lipinski definition) is 1. The molecule has 1 aromatic carbocycles. The molecule has 4 nitrogen and oxygen atoms in total. The number of aromatic nitrogens is 2. The third-order valence-electron chi connectivity index (χ3n) is 2.85. The Balaban J connectivity index is 2.16. The minimum absolute atomic E-state index is 0.0361. The molecule has 2 rings (SSSR count). The van der Waals surface area contributed by atoms with Gasteiger partial charge in [0, 0.05) is 11.1 Å². The van der Waals surface area contributed by atoms with Crippen molar-refractivity contribution in [1.29, 1.82) is 0 Å². The van der Waals surface area contributed by atoms with E-state index in [1.165, 1.54) is 5.56 Å². The van der Waals surface area contributed by atoms with Crippen LogP contribution in [-0.2, 0) is 6.54 Å². The van der Waals surface area contributed by atoms with E-state index in [1.807, 2.05) is 6.07 Å². The number of rotatable bonds is 3. The van der Waals surface area contributed by atoms with Crippen LogP contribution in [0.25, 0.3) is 11.5 Å². The second-order valence-electron chi connectivity index (χ2n) is 5.92. The lowest BCUT2D eigenvalue weighted by Crippen LogP contribution is -2.35. The molecule has 1 N–H and O–H groups in total. The highest BCUT2D eigenvalue weighted by Crippen LogP contribution is 2.23. The summed E-state index contributed by atoms with van der Waals surface area (Å²) in [5.41, 5.74) is 3.42. The Kier molecular flexibility index (Phi) is 3.71. The summed E-state index contributed by atoms with van der Waals surface area (Å²) in [6.45, 7) is 11.0. The molecule has 19 heavy (non-hydrogen) atoms.